The molecule has 1 amide bonds. The van der Waals surface area contributed by atoms with Crippen molar-refractivity contribution in [3.8, 4) is 0 Å². The van der Waals surface area contributed by atoms with Crippen LogP contribution in [0.15, 0.2) is 18.2 Å². The van der Waals surface area contributed by atoms with Gasteiger partial charge in [-0.2, -0.15) is 0 Å². The molecule has 4 heteroatoms. The summed E-state index contributed by atoms with van der Waals surface area (Å²) in [6.45, 7) is 5.58. The third-order valence-electron chi connectivity index (χ3n) is 3.54. The number of aryl methyl sites for hydroxylation is 1. The third-order valence-corrected chi connectivity index (χ3v) is 3.54. The molecule has 1 aliphatic rings. The molecular formula is C14H21N3O. The molecule has 1 aromatic rings. The summed E-state index contributed by atoms with van der Waals surface area (Å²) in [4.78, 5) is 16.5. The average Bonchev–Trinajstić information content (AvgIpc) is 2.39. The molecule has 18 heavy (non-hydrogen) atoms. The first kappa shape index (κ1) is 12.9. The van der Waals surface area contributed by atoms with Gasteiger partial charge in [0.15, 0.2) is 0 Å². The summed E-state index contributed by atoms with van der Waals surface area (Å²) in [6, 6.07) is 5.85. The number of likely N-dealkylation sites (N-methyl/N-ethyl adjacent to an activating group) is 1. The molecular weight excluding hydrogens is 226 g/mol. The first-order valence-electron chi connectivity index (χ1n) is 6.38. The van der Waals surface area contributed by atoms with E-state index in [0.29, 0.717) is 0 Å². The predicted octanol–water partition coefficient (Wildman–Crippen LogP) is 1.42. The molecule has 0 atom stereocenters. The fourth-order valence-corrected chi connectivity index (χ4v) is 2.22. The first-order valence-corrected chi connectivity index (χ1v) is 6.38. The zero-order chi connectivity index (χ0) is 13.1. The molecule has 1 aromatic carbocycles. The Morgan fingerprint density at radius 1 is 1.22 bits per heavy atom. The van der Waals surface area contributed by atoms with Crippen LogP contribution in [-0.2, 0) is 0 Å². The molecule has 0 spiro atoms. The van der Waals surface area contributed by atoms with Gasteiger partial charge in [0.25, 0.3) is 5.91 Å². The molecule has 1 heterocycles. The summed E-state index contributed by atoms with van der Waals surface area (Å²) in [7, 11) is 3.97. The van der Waals surface area contributed by atoms with E-state index in [-0.39, 0.29) is 5.91 Å². The number of benzene rings is 1. The van der Waals surface area contributed by atoms with Crippen molar-refractivity contribution in [1.82, 2.24) is 9.80 Å². The smallest absolute Gasteiger partial charge is 0.254 e. The van der Waals surface area contributed by atoms with E-state index in [9.17, 15) is 4.79 Å². The summed E-state index contributed by atoms with van der Waals surface area (Å²) in [5.74, 6) is 0.139. The molecule has 0 bridgehead atoms. The Hall–Kier alpha value is -1.55. The van der Waals surface area contributed by atoms with Crippen LogP contribution in [0.5, 0.6) is 0 Å². The van der Waals surface area contributed by atoms with Crippen LogP contribution in [0.2, 0.25) is 0 Å². The maximum Gasteiger partial charge on any atom is 0.254 e. The van der Waals surface area contributed by atoms with Crippen LogP contribution in [0.1, 0.15) is 15.9 Å². The van der Waals surface area contributed by atoms with Gasteiger partial charge >= 0.3 is 0 Å². The van der Waals surface area contributed by atoms with Gasteiger partial charge in [-0.3, -0.25) is 4.79 Å². The van der Waals surface area contributed by atoms with E-state index in [1.54, 1.807) is 0 Å². The minimum Gasteiger partial charge on any atom is -0.388 e. The van der Waals surface area contributed by atoms with Crippen molar-refractivity contribution in [1.29, 1.82) is 0 Å². The van der Waals surface area contributed by atoms with Crippen LogP contribution < -0.4 is 5.32 Å². The second kappa shape index (κ2) is 5.40. The lowest BCUT2D eigenvalue weighted by Crippen LogP contribution is -2.47. The Labute approximate surface area is 109 Å². The Morgan fingerprint density at radius 2 is 1.89 bits per heavy atom. The molecule has 0 aliphatic carbocycles. The predicted molar refractivity (Wildman–Crippen MR) is 74.1 cm³/mol. The van der Waals surface area contributed by atoms with Gasteiger partial charge in [-0.25, -0.2) is 0 Å². The Balaban J connectivity index is 2.13. The van der Waals surface area contributed by atoms with E-state index in [1.165, 1.54) is 0 Å². The largest absolute Gasteiger partial charge is 0.388 e. The first-order chi connectivity index (χ1) is 8.61. The van der Waals surface area contributed by atoms with Crippen LogP contribution >= 0.6 is 0 Å². The molecule has 1 aliphatic heterocycles. The second-order valence-electron chi connectivity index (χ2n) is 4.88. The summed E-state index contributed by atoms with van der Waals surface area (Å²) >= 11 is 0. The summed E-state index contributed by atoms with van der Waals surface area (Å²) in [6.07, 6.45) is 0. The average molecular weight is 247 g/mol. The van der Waals surface area contributed by atoms with Gasteiger partial charge in [-0.05, 0) is 31.7 Å². The number of anilines is 1. The van der Waals surface area contributed by atoms with E-state index in [0.717, 1.165) is 43.0 Å². The minimum absolute atomic E-state index is 0.139. The number of hydrogen-bond donors (Lipinski definition) is 1. The van der Waals surface area contributed by atoms with Crippen LogP contribution in [0.4, 0.5) is 5.69 Å². The van der Waals surface area contributed by atoms with Crippen LogP contribution in [0.3, 0.4) is 0 Å². The van der Waals surface area contributed by atoms with Crippen LogP contribution in [0.25, 0.3) is 0 Å². The number of nitrogens with zero attached hydrogens (tertiary/aromatic N) is 2. The number of rotatable bonds is 2. The van der Waals surface area contributed by atoms with E-state index in [2.05, 4.69) is 17.3 Å². The third kappa shape index (κ3) is 2.64. The lowest BCUT2D eigenvalue weighted by atomic mass is 10.1. The second-order valence-corrected chi connectivity index (χ2v) is 4.88. The summed E-state index contributed by atoms with van der Waals surface area (Å²) in [5, 5.41) is 3.12. The van der Waals surface area contributed by atoms with Crippen molar-refractivity contribution in [2.45, 2.75) is 6.92 Å². The molecule has 1 N–H and O–H groups in total. The van der Waals surface area contributed by atoms with Crippen molar-refractivity contribution >= 4 is 11.6 Å². The summed E-state index contributed by atoms with van der Waals surface area (Å²) in [5.41, 5.74) is 2.96. The van der Waals surface area contributed by atoms with E-state index < -0.39 is 0 Å². The highest BCUT2D eigenvalue weighted by Gasteiger charge is 2.20. The van der Waals surface area contributed by atoms with Crippen LogP contribution in [0, 0.1) is 6.92 Å². The SMILES string of the molecule is CNc1cc(C(=O)N2CCN(C)CC2)ccc1C. The van der Waals surface area contributed by atoms with Crippen molar-refractivity contribution < 1.29 is 4.79 Å². The van der Waals surface area contributed by atoms with Gasteiger partial charge in [0, 0.05) is 44.5 Å². The molecule has 0 aromatic heterocycles. The lowest BCUT2D eigenvalue weighted by Gasteiger charge is -2.32. The summed E-state index contributed by atoms with van der Waals surface area (Å²) < 4.78 is 0. The van der Waals surface area contributed by atoms with Gasteiger partial charge in [0.1, 0.15) is 0 Å². The molecule has 4 nitrogen and oxygen atoms in total. The fraction of sp³-hybridized carbons (Fsp3) is 0.500. The quantitative estimate of drug-likeness (QED) is 0.858. The number of amides is 1. The highest BCUT2D eigenvalue weighted by Crippen LogP contribution is 2.18. The zero-order valence-corrected chi connectivity index (χ0v) is 11.4. The number of nitrogens with one attached hydrogen (secondary N) is 1. The molecule has 2 rings (SSSR count). The zero-order valence-electron chi connectivity index (χ0n) is 11.4. The Morgan fingerprint density at radius 3 is 2.50 bits per heavy atom. The van der Waals surface area contributed by atoms with Crippen molar-refractivity contribution in [2.24, 2.45) is 0 Å². The Bertz CT molecular complexity index is 437. The number of hydrogen-bond acceptors (Lipinski definition) is 3. The van der Waals surface area contributed by atoms with Gasteiger partial charge in [0.2, 0.25) is 0 Å². The highest BCUT2D eigenvalue weighted by atomic mass is 16.2. The van der Waals surface area contributed by atoms with E-state index in [1.807, 2.05) is 37.1 Å². The maximum absolute atomic E-state index is 12.4. The number of carbonyl (C=O) groups excluding carboxylic acids is 1. The molecule has 1 saturated heterocycles. The fourth-order valence-electron chi connectivity index (χ4n) is 2.22. The molecule has 0 unspecified atom stereocenters. The van der Waals surface area contributed by atoms with E-state index in [4.69, 9.17) is 0 Å². The topological polar surface area (TPSA) is 35.6 Å². The van der Waals surface area contributed by atoms with Gasteiger partial charge < -0.3 is 15.1 Å². The van der Waals surface area contributed by atoms with Gasteiger partial charge in [-0.15, -0.1) is 0 Å². The van der Waals surface area contributed by atoms with Crippen molar-refractivity contribution in [3.05, 3.63) is 29.3 Å². The monoisotopic (exact) mass is 247 g/mol. The molecule has 98 valence electrons. The van der Waals surface area contributed by atoms with Crippen molar-refractivity contribution in [2.75, 3.05) is 45.6 Å². The standard InChI is InChI=1S/C14H21N3O/c1-11-4-5-12(10-13(11)15-2)14(18)17-8-6-16(3)7-9-17/h4-5,10,15H,6-9H2,1-3H3. The van der Waals surface area contributed by atoms with Crippen molar-refractivity contribution in [3.63, 3.8) is 0 Å². The lowest BCUT2D eigenvalue weighted by molar-refractivity contribution is 0.0664. The number of carbonyl (C=O) groups is 1. The molecule has 0 saturated carbocycles. The number of piperazine rings is 1. The van der Waals surface area contributed by atoms with Gasteiger partial charge in [-0.1, -0.05) is 6.07 Å². The minimum atomic E-state index is 0.139. The molecule has 0 radical (unpaired) electrons. The Kier molecular flexibility index (Phi) is 3.87. The normalized spacial score (nSPS) is 16.7. The maximum atomic E-state index is 12.4. The van der Waals surface area contributed by atoms with Crippen LogP contribution in [-0.4, -0.2) is 56.0 Å². The highest BCUT2D eigenvalue weighted by molar-refractivity contribution is 5.95. The molecule has 1 fully saturated rings. The van der Waals surface area contributed by atoms with Gasteiger partial charge in [0.05, 0.1) is 0 Å². The van der Waals surface area contributed by atoms with E-state index >= 15 is 0 Å².